The molecule has 0 amide bonds. The van der Waals surface area contributed by atoms with Crippen molar-refractivity contribution in [2.75, 3.05) is 26.2 Å². The second-order valence-corrected chi connectivity index (χ2v) is 11.5. The smallest absolute Gasteiger partial charge is 0.253 e. The molecule has 0 spiro atoms. The third-order valence-corrected chi connectivity index (χ3v) is 8.14. The molecule has 0 saturated carbocycles. The van der Waals surface area contributed by atoms with Crippen LogP contribution in [0.5, 0.6) is 0 Å². The molecule has 3 heterocycles. The summed E-state index contributed by atoms with van der Waals surface area (Å²) in [7, 11) is 0. The second kappa shape index (κ2) is 11.8. The SMILES string of the molecule is CCC(C)(C)n1nnnc1C(c1cc2cc(C)cc(C)c2[nH]c1=O)N1CCN(Cc2ccc(Cl)cc2)CC1.Cl. The van der Waals surface area contributed by atoms with E-state index in [-0.39, 0.29) is 29.5 Å². The molecular formula is C29H37Cl2N7O. The zero-order valence-electron chi connectivity index (χ0n) is 23.2. The molecule has 8 nitrogen and oxygen atoms in total. The van der Waals surface area contributed by atoms with E-state index in [2.05, 4.69) is 82.3 Å². The van der Waals surface area contributed by atoms with Crippen molar-refractivity contribution >= 4 is 34.9 Å². The Labute approximate surface area is 240 Å². The summed E-state index contributed by atoms with van der Waals surface area (Å²) in [6.45, 7) is 14.7. The Morgan fingerprint density at radius 2 is 1.74 bits per heavy atom. The predicted molar refractivity (Wildman–Crippen MR) is 159 cm³/mol. The summed E-state index contributed by atoms with van der Waals surface area (Å²) in [6, 6.07) is 13.9. The quantitative estimate of drug-likeness (QED) is 0.327. The van der Waals surface area contributed by atoms with Gasteiger partial charge in [-0.3, -0.25) is 14.6 Å². The number of H-pyrrole nitrogens is 1. The van der Waals surface area contributed by atoms with Gasteiger partial charge in [0.25, 0.3) is 5.56 Å². The van der Waals surface area contributed by atoms with Gasteiger partial charge in [-0.2, -0.15) is 0 Å². The summed E-state index contributed by atoms with van der Waals surface area (Å²) >= 11 is 6.07. The molecule has 2 aromatic carbocycles. The van der Waals surface area contributed by atoms with Crippen LogP contribution in [0.4, 0.5) is 0 Å². The fourth-order valence-corrected chi connectivity index (χ4v) is 5.51. The highest BCUT2D eigenvalue weighted by molar-refractivity contribution is 6.30. The molecule has 1 fully saturated rings. The molecule has 1 N–H and O–H groups in total. The van der Waals surface area contributed by atoms with Crippen molar-refractivity contribution in [1.82, 2.24) is 35.0 Å². The van der Waals surface area contributed by atoms with Crippen LogP contribution in [-0.4, -0.2) is 61.2 Å². The van der Waals surface area contributed by atoms with E-state index in [1.807, 2.05) is 29.8 Å². The van der Waals surface area contributed by atoms with Gasteiger partial charge in [0.15, 0.2) is 5.82 Å². The molecule has 208 valence electrons. The molecule has 2 aromatic heterocycles. The van der Waals surface area contributed by atoms with E-state index >= 15 is 0 Å². The van der Waals surface area contributed by atoms with Gasteiger partial charge in [-0.1, -0.05) is 42.3 Å². The summed E-state index contributed by atoms with van der Waals surface area (Å²) in [4.78, 5) is 21.6. The summed E-state index contributed by atoms with van der Waals surface area (Å²) in [5.41, 5.74) is 4.64. The number of aromatic amines is 1. The molecule has 1 aliphatic rings. The molecule has 39 heavy (non-hydrogen) atoms. The molecule has 0 bridgehead atoms. The van der Waals surface area contributed by atoms with Crippen molar-refractivity contribution < 1.29 is 0 Å². The fourth-order valence-electron chi connectivity index (χ4n) is 5.38. The van der Waals surface area contributed by atoms with Crippen molar-refractivity contribution in [3.05, 3.63) is 85.9 Å². The van der Waals surface area contributed by atoms with Crippen molar-refractivity contribution in [2.45, 2.75) is 59.2 Å². The lowest BCUT2D eigenvalue weighted by Crippen LogP contribution is -2.49. The minimum atomic E-state index is -0.359. The van der Waals surface area contributed by atoms with Crippen LogP contribution in [-0.2, 0) is 12.1 Å². The lowest BCUT2D eigenvalue weighted by molar-refractivity contribution is 0.0968. The number of tetrazole rings is 1. The minimum Gasteiger partial charge on any atom is -0.321 e. The Kier molecular flexibility index (Phi) is 8.81. The molecule has 1 aliphatic heterocycles. The monoisotopic (exact) mass is 569 g/mol. The first-order chi connectivity index (χ1) is 18.2. The Balaban J connectivity index is 0.00000353. The molecule has 4 aromatic rings. The average Bonchev–Trinajstić information content (AvgIpc) is 3.38. The molecule has 0 aliphatic carbocycles. The number of rotatable bonds is 7. The van der Waals surface area contributed by atoms with E-state index < -0.39 is 0 Å². The zero-order valence-corrected chi connectivity index (χ0v) is 24.8. The Morgan fingerprint density at radius 1 is 1.05 bits per heavy atom. The molecule has 1 unspecified atom stereocenters. The van der Waals surface area contributed by atoms with Gasteiger partial charge in [0, 0.05) is 43.3 Å². The average molecular weight is 571 g/mol. The zero-order chi connectivity index (χ0) is 27.0. The van der Waals surface area contributed by atoms with E-state index in [1.54, 1.807) is 0 Å². The van der Waals surface area contributed by atoms with Gasteiger partial charge in [-0.15, -0.1) is 17.5 Å². The number of nitrogens with one attached hydrogen (secondary N) is 1. The van der Waals surface area contributed by atoms with Crippen LogP contribution in [0.15, 0.2) is 47.3 Å². The maximum Gasteiger partial charge on any atom is 0.253 e. The van der Waals surface area contributed by atoms with E-state index in [0.29, 0.717) is 11.4 Å². The lowest BCUT2D eigenvalue weighted by atomic mass is 9.98. The molecule has 1 saturated heterocycles. The number of nitrogens with zero attached hydrogens (tertiary/aromatic N) is 6. The number of fused-ring (bicyclic) bond motifs is 1. The van der Waals surface area contributed by atoms with Gasteiger partial charge >= 0.3 is 0 Å². The first-order valence-corrected chi connectivity index (χ1v) is 13.7. The minimum absolute atomic E-state index is 0. The first-order valence-electron chi connectivity index (χ1n) is 13.3. The van der Waals surface area contributed by atoms with E-state index in [1.165, 1.54) is 5.56 Å². The largest absolute Gasteiger partial charge is 0.321 e. The van der Waals surface area contributed by atoms with Crippen LogP contribution in [0.3, 0.4) is 0 Å². The summed E-state index contributed by atoms with van der Waals surface area (Å²) < 4.78 is 1.91. The lowest BCUT2D eigenvalue weighted by Gasteiger charge is -2.39. The third kappa shape index (κ3) is 6.04. The molecule has 10 heteroatoms. The summed E-state index contributed by atoms with van der Waals surface area (Å²) in [6.07, 6.45) is 0.860. The number of benzene rings is 2. The molecular weight excluding hydrogens is 533 g/mol. The van der Waals surface area contributed by atoms with Gasteiger partial charge in [0.1, 0.15) is 6.04 Å². The van der Waals surface area contributed by atoms with Gasteiger partial charge in [-0.25, -0.2) is 4.68 Å². The van der Waals surface area contributed by atoms with Crippen molar-refractivity contribution in [3.63, 3.8) is 0 Å². The fraction of sp³-hybridized carbons (Fsp3) is 0.448. The summed E-state index contributed by atoms with van der Waals surface area (Å²) in [5, 5.41) is 14.8. The van der Waals surface area contributed by atoms with Crippen LogP contribution in [0.1, 0.15) is 61.3 Å². The van der Waals surface area contributed by atoms with Crippen molar-refractivity contribution in [1.29, 1.82) is 0 Å². The number of aryl methyl sites for hydroxylation is 2. The highest BCUT2D eigenvalue weighted by Gasteiger charge is 2.35. The number of pyridine rings is 1. The Bertz CT molecular complexity index is 1490. The first kappa shape index (κ1) is 29.2. The van der Waals surface area contributed by atoms with Crippen LogP contribution < -0.4 is 5.56 Å². The number of aromatic nitrogens is 5. The number of piperazine rings is 1. The second-order valence-electron chi connectivity index (χ2n) is 11.1. The highest BCUT2D eigenvalue weighted by atomic mass is 35.5. The molecule has 1 atom stereocenters. The van der Waals surface area contributed by atoms with Crippen LogP contribution in [0, 0.1) is 13.8 Å². The maximum absolute atomic E-state index is 13.6. The van der Waals surface area contributed by atoms with Crippen molar-refractivity contribution in [3.8, 4) is 0 Å². The number of hydrogen-bond donors (Lipinski definition) is 1. The van der Waals surface area contributed by atoms with Gasteiger partial charge in [-0.05, 0) is 85.3 Å². The van der Waals surface area contributed by atoms with E-state index in [0.717, 1.165) is 66.2 Å². The van der Waals surface area contributed by atoms with Gasteiger partial charge in [0.2, 0.25) is 0 Å². The van der Waals surface area contributed by atoms with E-state index in [9.17, 15) is 4.79 Å². The highest BCUT2D eigenvalue weighted by Crippen LogP contribution is 2.32. The van der Waals surface area contributed by atoms with Crippen molar-refractivity contribution in [2.24, 2.45) is 0 Å². The molecule has 0 radical (unpaired) electrons. The number of hydrogen-bond acceptors (Lipinski definition) is 6. The third-order valence-electron chi connectivity index (χ3n) is 7.88. The van der Waals surface area contributed by atoms with Gasteiger partial charge in [0.05, 0.1) is 11.1 Å². The Hall–Kier alpha value is -2.78. The van der Waals surface area contributed by atoms with Crippen LogP contribution >= 0.6 is 24.0 Å². The van der Waals surface area contributed by atoms with Crippen LogP contribution in [0.25, 0.3) is 10.9 Å². The predicted octanol–water partition coefficient (Wildman–Crippen LogP) is 5.26. The molecule has 5 rings (SSSR count). The van der Waals surface area contributed by atoms with E-state index in [4.69, 9.17) is 11.6 Å². The van der Waals surface area contributed by atoms with Gasteiger partial charge < -0.3 is 4.98 Å². The van der Waals surface area contributed by atoms with Crippen LogP contribution in [0.2, 0.25) is 5.02 Å². The normalized spacial score (nSPS) is 15.8. The maximum atomic E-state index is 13.6. The topological polar surface area (TPSA) is 82.9 Å². The Morgan fingerprint density at radius 3 is 2.41 bits per heavy atom. The number of halogens is 2. The standard InChI is InChI=1S/C29H36ClN7O.ClH/c1-6-29(4,5)37-27(32-33-34-37)26(24-17-22-16-19(2)15-20(3)25(22)31-28(24)38)36-13-11-35(12-14-36)18-21-7-9-23(30)10-8-21;/h7-10,15-17,26H,6,11-14,18H2,1-5H3,(H,31,38);1H. The summed E-state index contributed by atoms with van der Waals surface area (Å²) in [5.74, 6) is 0.706.